The second-order valence-corrected chi connectivity index (χ2v) is 7.64. The standard InChI is InChI=1S/C18H21FN2O3S/c1-4-14-9-7-8-13(2)18(14)20-17(22)12-21(25(3,23)24)16-11-6-5-10-15(16)19/h5-11H,4,12H2,1-3H3,(H,20,22). The van der Waals surface area contributed by atoms with Crippen molar-refractivity contribution in [1.29, 1.82) is 0 Å². The van der Waals surface area contributed by atoms with Crippen LogP contribution in [0, 0.1) is 12.7 Å². The number of amides is 1. The van der Waals surface area contributed by atoms with Crippen molar-refractivity contribution in [2.45, 2.75) is 20.3 Å². The van der Waals surface area contributed by atoms with E-state index >= 15 is 0 Å². The van der Waals surface area contributed by atoms with E-state index in [1.54, 1.807) is 0 Å². The summed E-state index contributed by atoms with van der Waals surface area (Å²) in [5.41, 5.74) is 2.34. The van der Waals surface area contributed by atoms with E-state index in [2.05, 4.69) is 5.32 Å². The summed E-state index contributed by atoms with van der Waals surface area (Å²) in [7, 11) is -3.82. The topological polar surface area (TPSA) is 66.5 Å². The molecular formula is C18H21FN2O3S. The first-order valence-corrected chi connectivity index (χ1v) is 9.69. The molecule has 0 aromatic heterocycles. The monoisotopic (exact) mass is 364 g/mol. The maximum atomic E-state index is 14.0. The Bertz CT molecular complexity index is 882. The van der Waals surface area contributed by atoms with Crippen molar-refractivity contribution >= 4 is 27.3 Å². The minimum absolute atomic E-state index is 0.152. The van der Waals surface area contributed by atoms with Gasteiger partial charge in [-0.15, -0.1) is 0 Å². The fraction of sp³-hybridized carbons (Fsp3) is 0.278. The van der Waals surface area contributed by atoms with Crippen LogP contribution < -0.4 is 9.62 Å². The molecule has 0 unspecified atom stereocenters. The molecule has 2 aromatic carbocycles. The highest BCUT2D eigenvalue weighted by Gasteiger charge is 2.23. The van der Waals surface area contributed by atoms with Crippen molar-refractivity contribution in [2.24, 2.45) is 0 Å². The molecule has 0 saturated heterocycles. The van der Waals surface area contributed by atoms with Gasteiger partial charge < -0.3 is 5.32 Å². The average molecular weight is 364 g/mol. The Morgan fingerprint density at radius 2 is 1.84 bits per heavy atom. The van der Waals surface area contributed by atoms with Crippen LogP contribution in [0.5, 0.6) is 0 Å². The summed E-state index contributed by atoms with van der Waals surface area (Å²) in [6.07, 6.45) is 1.67. The van der Waals surface area contributed by atoms with Gasteiger partial charge in [-0.05, 0) is 36.6 Å². The normalized spacial score (nSPS) is 11.2. The largest absolute Gasteiger partial charge is 0.324 e. The highest BCUT2D eigenvalue weighted by Crippen LogP contribution is 2.23. The van der Waals surface area contributed by atoms with Crippen LogP contribution in [0.25, 0.3) is 0 Å². The van der Waals surface area contributed by atoms with E-state index in [9.17, 15) is 17.6 Å². The number of carbonyl (C=O) groups excluding carboxylic acids is 1. The van der Waals surface area contributed by atoms with Gasteiger partial charge in [-0.2, -0.15) is 0 Å². The van der Waals surface area contributed by atoms with E-state index < -0.39 is 28.3 Å². The molecule has 2 rings (SSSR count). The van der Waals surface area contributed by atoms with Gasteiger partial charge in [0, 0.05) is 5.69 Å². The van der Waals surface area contributed by atoms with Gasteiger partial charge in [0.2, 0.25) is 15.9 Å². The molecule has 0 aliphatic carbocycles. The number of nitrogens with zero attached hydrogens (tertiary/aromatic N) is 1. The molecule has 5 nitrogen and oxygen atoms in total. The Morgan fingerprint density at radius 1 is 1.16 bits per heavy atom. The molecular weight excluding hydrogens is 343 g/mol. The van der Waals surface area contributed by atoms with Crippen molar-refractivity contribution in [3.8, 4) is 0 Å². The van der Waals surface area contributed by atoms with Crippen LogP contribution in [0.2, 0.25) is 0 Å². The molecule has 0 aliphatic rings. The number of para-hydroxylation sites is 2. The van der Waals surface area contributed by atoms with Crippen LogP contribution in [0.1, 0.15) is 18.1 Å². The quantitative estimate of drug-likeness (QED) is 0.856. The van der Waals surface area contributed by atoms with E-state index in [0.29, 0.717) is 5.69 Å². The zero-order valence-electron chi connectivity index (χ0n) is 14.4. The summed E-state index contributed by atoms with van der Waals surface area (Å²) in [5, 5.41) is 2.75. The first kappa shape index (κ1) is 18.9. The Balaban J connectivity index is 2.29. The molecule has 1 amide bonds. The molecule has 2 aromatic rings. The summed E-state index contributed by atoms with van der Waals surface area (Å²) in [5.74, 6) is -1.23. The third-order valence-corrected chi connectivity index (χ3v) is 4.94. The SMILES string of the molecule is CCc1cccc(C)c1NC(=O)CN(c1ccccc1F)S(C)(=O)=O. The summed E-state index contributed by atoms with van der Waals surface area (Å²) in [6, 6.07) is 11.1. The number of carbonyl (C=O) groups is 1. The summed E-state index contributed by atoms with van der Waals surface area (Å²) in [4.78, 5) is 12.4. The molecule has 1 N–H and O–H groups in total. The molecule has 0 atom stereocenters. The van der Waals surface area contributed by atoms with Crippen LogP contribution in [-0.2, 0) is 21.2 Å². The molecule has 0 heterocycles. The van der Waals surface area contributed by atoms with Crippen molar-refractivity contribution in [3.05, 3.63) is 59.4 Å². The number of hydrogen-bond donors (Lipinski definition) is 1. The average Bonchev–Trinajstić information content (AvgIpc) is 2.54. The number of hydrogen-bond acceptors (Lipinski definition) is 3. The van der Waals surface area contributed by atoms with E-state index in [0.717, 1.165) is 34.2 Å². The Kier molecular flexibility index (Phi) is 5.79. The van der Waals surface area contributed by atoms with Gasteiger partial charge >= 0.3 is 0 Å². The molecule has 25 heavy (non-hydrogen) atoms. The third-order valence-electron chi connectivity index (χ3n) is 3.81. The lowest BCUT2D eigenvalue weighted by Crippen LogP contribution is -2.38. The number of benzene rings is 2. The smallest absolute Gasteiger partial charge is 0.245 e. The molecule has 134 valence electrons. The minimum Gasteiger partial charge on any atom is -0.324 e. The van der Waals surface area contributed by atoms with Gasteiger partial charge in [0.05, 0.1) is 11.9 Å². The summed E-state index contributed by atoms with van der Waals surface area (Å²) < 4.78 is 38.8. The molecule has 0 spiro atoms. The van der Waals surface area contributed by atoms with E-state index in [1.807, 2.05) is 32.0 Å². The Morgan fingerprint density at radius 3 is 2.44 bits per heavy atom. The predicted octanol–water partition coefficient (Wildman–Crippen LogP) is 3.10. The first-order valence-electron chi connectivity index (χ1n) is 7.84. The lowest BCUT2D eigenvalue weighted by molar-refractivity contribution is -0.114. The Labute approximate surface area is 147 Å². The van der Waals surface area contributed by atoms with Crippen LogP contribution in [0.15, 0.2) is 42.5 Å². The van der Waals surface area contributed by atoms with E-state index in [-0.39, 0.29) is 5.69 Å². The van der Waals surface area contributed by atoms with Crippen LogP contribution >= 0.6 is 0 Å². The maximum Gasteiger partial charge on any atom is 0.245 e. The fourth-order valence-corrected chi connectivity index (χ4v) is 3.40. The molecule has 0 aliphatic heterocycles. The van der Waals surface area contributed by atoms with Gasteiger partial charge in [0.1, 0.15) is 12.4 Å². The van der Waals surface area contributed by atoms with Crippen LogP contribution in [-0.4, -0.2) is 27.1 Å². The predicted molar refractivity (Wildman–Crippen MR) is 97.8 cm³/mol. The number of nitrogens with one attached hydrogen (secondary N) is 1. The van der Waals surface area contributed by atoms with Gasteiger partial charge in [-0.1, -0.05) is 37.3 Å². The number of rotatable bonds is 6. The summed E-state index contributed by atoms with van der Waals surface area (Å²) in [6.45, 7) is 3.32. The van der Waals surface area contributed by atoms with Gasteiger partial charge in [-0.3, -0.25) is 9.10 Å². The lowest BCUT2D eigenvalue weighted by Gasteiger charge is -2.23. The maximum absolute atomic E-state index is 14.0. The number of sulfonamides is 1. The molecule has 7 heteroatoms. The number of halogens is 1. The Hall–Kier alpha value is -2.41. The zero-order valence-corrected chi connectivity index (χ0v) is 15.2. The second kappa shape index (κ2) is 7.65. The van der Waals surface area contributed by atoms with Gasteiger partial charge in [-0.25, -0.2) is 12.8 Å². The lowest BCUT2D eigenvalue weighted by atomic mass is 10.1. The number of anilines is 2. The van der Waals surface area contributed by atoms with Crippen molar-refractivity contribution in [2.75, 3.05) is 22.4 Å². The zero-order chi connectivity index (χ0) is 18.6. The van der Waals surface area contributed by atoms with Crippen molar-refractivity contribution in [1.82, 2.24) is 0 Å². The van der Waals surface area contributed by atoms with E-state index in [4.69, 9.17) is 0 Å². The minimum atomic E-state index is -3.82. The molecule has 0 saturated carbocycles. The molecule has 0 bridgehead atoms. The number of aryl methyl sites for hydroxylation is 2. The van der Waals surface area contributed by atoms with E-state index in [1.165, 1.54) is 18.2 Å². The van der Waals surface area contributed by atoms with Crippen LogP contribution in [0.4, 0.5) is 15.8 Å². The van der Waals surface area contributed by atoms with Gasteiger partial charge in [0.15, 0.2) is 0 Å². The first-order chi connectivity index (χ1) is 11.7. The molecule has 0 radical (unpaired) electrons. The highest BCUT2D eigenvalue weighted by molar-refractivity contribution is 7.92. The van der Waals surface area contributed by atoms with Crippen molar-refractivity contribution in [3.63, 3.8) is 0 Å². The third kappa shape index (κ3) is 4.57. The fourth-order valence-electron chi connectivity index (χ4n) is 2.55. The van der Waals surface area contributed by atoms with Crippen LogP contribution in [0.3, 0.4) is 0 Å². The summed E-state index contributed by atoms with van der Waals surface area (Å²) >= 11 is 0. The van der Waals surface area contributed by atoms with Gasteiger partial charge in [0.25, 0.3) is 0 Å². The highest BCUT2D eigenvalue weighted by atomic mass is 32.2. The molecule has 0 fully saturated rings. The van der Waals surface area contributed by atoms with Crippen molar-refractivity contribution < 1.29 is 17.6 Å². The second-order valence-electron chi connectivity index (χ2n) is 5.73.